The zero-order chi connectivity index (χ0) is 16.7. The third-order valence-corrected chi connectivity index (χ3v) is 4.79. The van der Waals surface area contributed by atoms with Crippen LogP contribution >= 0.6 is 0 Å². The SMILES string of the molecule is CCNC(=O)[C@H](Cc1ccccc1)NS(=O)(=O)c1ccccc1. The van der Waals surface area contributed by atoms with Gasteiger partial charge < -0.3 is 5.32 Å². The molecule has 2 rings (SSSR count). The van der Waals surface area contributed by atoms with E-state index in [1.807, 2.05) is 30.3 Å². The largest absolute Gasteiger partial charge is 0.355 e. The van der Waals surface area contributed by atoms with Crippen molar-refractivity contribution in [1.82, 2.24) is 10.0 Å². The summed E-state index contributed by atoms with van der Waals surface area (Å²) in [5.74, 6) is -0.337. The average molecular weight is 332 g/mol. The number of nitrogens with one attached hydrogen (secondary N) is 2. The molecule has 0 saturated carbocycles. The minimum Gasteiger partial charge on any atom is -0.355 e. The van der Waals surface area contributed by atoms with E-state index < -0.39 is 16.1 Å². The van der Waals surface area contributed by atoms with Crippen molar-refractivity contribution in [3.8, 4) is 0 Å². The molecule has 0 radical (unpaired) electrons. The molecule has 0 fully saturated rings. The van der Waals surface area contributed by atoms with Gasteiger partial charge in [0, 0.05) is 6.54 Å². The number of sulfonamides is 1. The van der Waals surface area contributed by atoms with E-state index in [9.17, 15) is 13.2 Å². The zero-order valence-corrected chi connectivity index (χ0v) is 13.7. The quantitative estimate of drug-likeness (QED) is 0.810. The number of hydrogen-bond donors (Lipinski definition) is 2. The molecular weight excluding hydrogens is 312 g/mol. The van der Waals surface area contributed by atoms with Gasteiger partial charge >= 0.3 is 0 Å². The molecule has 0 heterocycles. The molecule has 122 valence electrons. The van der Waals surface area contributed by atoms with Crippen molar-refractivity contribution in [1.29, 1.82) is 0 Å². The molecule has 1 amide bonds. The van der Waals surface area contributed by atoms with E-state index in [0.29, 0.717) is 13.0 Å². The molecular formula is C17H20N2O3S. The summed E-state index contributed by atoms with van der Waals surface area (Å²) >= 11 is 0. The van der Waals surface area contributed by atoms with Crippen LogP contribution in [0.3, 0.4) is 0 Å². The van der Waals surface area contributed by atoms with Crippen molar-refractivity contribution >= 4 is 15.9 Å². The van der Waals surface area contributed by atoms with E-state index in [4.69, 9.17) is 0 Å². The molecule has 0 spiro atoms. The number of benzene rings is 2. The fourth-order valence-electron chi connectivity index (χ4n) is 2.19. The van der Waals surface area contributed by atoms with Crippen molar-refractivity contribution < 1.29 is 13.2 Å². The van der Waals surface area contributed by atoms with Gasteiger partial charge in [-0.15, -0.1) is 0 Å². The van der Waals surface area contributed by atoms with Crippen molar-refractivity contribution in [3.05, 3.63) is 66.2 Å². The summed E-state index contributed by atoms with van der Waals surface area (Å²) in [6.07, 6.45) is 0.290. The number of carbonyl (C=O) groups is 1. The highest BCUT2D eigenvalue weighted by Gasteiger charge is 2.25. The Labute approximate surface area is 136 Å². The van der Waals surface area contributed by atoms with Gasteiger partial charge in [-0.05, 0) is 31.0 Å². The van der Waals surface area contributed by atoms with Gasteiger partial charge in [-0.1, -0.05) is 48.5 Å². The lowest BCUT2D eigenvalue weighted by Crippen LogP contribution is -2.47. The second-order valence-electron chi connectivity index (χ2n) is 5.07. The molecule has 0 aliphatic carbocycles. The molecule has 23 heavy (non-hydrogen) atoms. The molecule has 0 unspecified atom stereocenters. The lowest BCUT2D eigenvalue weighted by Gasteiger charge is -2.18. The Kier molecular flexibility index (Phi) is 5.90. The second-order valence-corrected chi connectivity index (χ2v) is 6.79. The van der Waals surface area contributed by atoms with Gasteiger partial charge in [0.25, 0.3) is 0 Å². The lowest BCUT2D eigenvalue weighted by atomic mass is 10.1. The van der Waals surface area contributed by atoms with Crippen molar-refractivity contribution in [2.75, 3.05) is 6.54 Å². The molecule has 2 aromatic rings. The normalized spacial score (nSPS) is 12.6. The van der Waals surface area contributed by atoms with E-state index in [1.54, 1.807) is 25.1 Å². The molecule has 2 aromatic carbocycles. The minimum atomic E-state index is -3.75. The van der Waals surface area contributed by atoms with Gasteiger partial charge in [0.1, 0.15) is 6.04 Å². The number of likely N-dealkylation sites (N-methyl/N-ethyl adjacent to an activating group) is 1. The lowest BCUT2D eigenvalue weighted by molar-refractivity contribution is -0.122. The molecule has 6 heteroatoms. The molecule has 5 nitrogen and oxygen atoms in total. The van der Waals surface area contributed by atoms with Crippen LogP contribution in [0.1, 0.15) is 12.5 Å². The van der Waals surface area contributed by atoms with Crippen LogP contribution in [0.2, 0.25) is 0 Å². The van der Waals surface area contributed by atoms with Crippen LogP contribution in [0.25, 0.3) is 0 Å². The van der Waals surface area contributed by atoms with Crippen LogP contribution < -0.4 is 10.0 Å². The van der Waals surface area contributed by atoms with Crippen LogP contribution in [0.15, 0.2) is 65.6 Å². The van der Waals surface area contributed by atoms with Gasteiger partial charge in [-0.25, -0.2) is 8.42 Å². The Hall–Kier alpha value is -2.18. The molecule has 0 aliphatic heterocycles. The zero-order valence-electron chi connectivity index (χ0n) is 12.9. The van der Waals surface area contributed by atoms with Crippen molar-refractivity contribution in [2.24, 2.45) is 0 Å². The predicted octanol–water partition coefficient (Wildman–Crippen LogP) is 1.71. The first-order valence-corrected chi connectivity index (χ1v) is 8.90. The number of rotatable bonds is 7. The highest BCUT2D eigenvalue weighted by molar-refractivity contribution is 7.89. The van der Waals surface area contributed by atoms with Gasteiger partial charge in [0.2, 0.25) is 15.9 Å². The Bertz CT molecular complexity index is 731. The fraction of sp³-hybridized carbons (Fsp3) is 0.235. The third kappa shape index (κ3) is 4.91. The summed E-state index contributed by atoms with van der Waals surface area (Å²) in [7, 11) is -3.75. The topological polar surface area (TPSA) is 75.3 Å². The Morgan fingerprint density at radius 1 is 1.00 bits per heavy atom. The first kappa shape index (κ1) is 17.2. The minimum absolute atomic E-state index is 0.141. The van der Waals surface area contributed by atoms with E-state index in [2.05, 4.69) is 10.0 Å². The number of carbonyl (C=O) groups excluding carboxylic acids is 1. The average Bonchev–Trinajstić information content (AvgIpc) is 2.56. The van der Waals surface area contributed by atoms with Crippen LogP contribution in [-0.2, 0) is 21.2 Å². The number of hydrogen-bond acceptors (Lipinski definition) is 3. The Morgan fingerprint density at radius 3 is 2.13 bits per heavy atom. The molecule has 2 N–H and O–H groups in total. The van der Waals surface area contributed by atoms with E-state index in [1.165, 1.54) is 12.1 Å². The summed E-state index contributed by atoms with van der Waals surface area (Å²) in [4.78, 5) is 12.4. The second kappa shape index (κ2) is 7.89. The summed E-state index contributed by atoms with van der Waals surface area (Å²) in [6, 6.07) is 16.5. The smallest absolute Gasteiger partial charge is 0.241 e. The highest BCUT2D eigenvalue weighted by atomic mass is 32.2. The third-order valence-electron chi connectivity index (χ3n) is 3.30. The summed E-state index contributed by atoms with van der Waals surface area (Å²) < 4.78 is 27.4. The fourth-order valence-corrected chi connectivity index (χ4v) is 3.41. The highest BCUT2D eigenvalue weighted by Crippen LogP contribution is 2.10. The summed E-state index contributed by atoms with van der Waals surface area (Å²) in [5.41, 5.74) is 0.888. The molecule has 0 bridgehead atoms. The first-order valence-electron chi connectivity index (χ1n) is 7.42. The maximum atomic E-state index is 12.5. The summed E-state index contributed by atoms with van der Waals surface area (Å²) in [6.45, 7) is 2.24. The monoisotopic (exact) mass is 332 g/mol. The van der Waals surface area contributed by atoms with Crippen molar-refractivity contribution in [2.45, 2.75) is 24.3 Å². The Morgan fingerprint density at radius 2 is 1.57 bits per heavy atom. The maximum Gasteiger partial charge on any atom is 0.241 e. The molecule has 1 atom stereocenters. The first-order chi connectivity index (χ1) is 11.0. The van der Waals surface area contributed by atoms with E-state index in [0.717, 1.165) is 5.56 Å². The van der Waals surface area contributed by atoms with Crippen LogP contribution in [0, 0.1) is 0 Å². The molecule has 0 aromatic heterocycles. The molecule has 0 aliphatic rings. The van der Waals surface area contributed by atoms with Crippen molar-refractivity contribution in [3.63, 3.8) is 0 Å². The molecule has 0 saturated heterocycles. The number of amides is 1. The maximum absolute atomic E-state index is 12.5. The van der Waals surface area contributed by atoms with Gasteiger partial charge in [0.05, 0.1) is 4.90 Å². The summed E-state index contributed by atoms with van der Waals surface area (Å²) in [5, 5.41) is 2.67. The van der Waals surface area contributed by atoms with Gasteiger partial charge in [-0.3, -0.25) is 4.79 Å². The van der Waals surface area contributed by atoms with Gasteiger partial charge in [0.15, 0.2) is 0 Å². The standard InChI is InChI=1S/C17H20N2O3S/c1-2-18-17(20)16(13-14-9-5-3-6-10-14)19-23(21,22)15-11-7-4-8-12-15/h3-12,16,19H,2,13H2,1H3,(H,18,20)/t16-/m0/s1. The van der Waals surface area contributed by atoms with Crippen LogP contribution in [-0.4, -0.2) is 26.9 Å². The van der Waals surface area contributed by atoms with Crippen LogP contribution in [0.5, 0.6) is 0 Å². The van der Waals surface area contributed by atoms with Crippen LogP contribution in [0.4, 0.5) is 0 Å². The van der Waals surface area contributed by atoms with Gasteiger partial charge in [-0.2, -0.15) is 4.72 Å². The van der Waals surface area contributed by atoms with E-state index in [-0.39, 0.29) is 10.8 Å². The Balaban J connectivity index is 2.22. The predicted molar refractivity (Wildman–Crippen MR) is 89.4 cm³/mol. The van der Waals surface area contributed by atoms with E-state index >= 15 is 0 Å².